The van der Waals surface area contributed by atoms with Crippen LogP contribution in [0.25, 0.3) is 0 Å². The minimum atomic E-state index is -0.840. The van der Waals surface area contributed by atoms with Gasteiger partial charge in [0.1, 0.15) is 11.6 Å². The van der Waals surface area contributed by atoms with Gasteiger partial charge in [0, 0.05) is 11.6 Å². The van der Waals surface area contributed by atoms with Crippen molar-refractivity contribution >= 4 is 17.6 Å². The normalized spacial score (nSPS) is 10.1. The molecule has 0 aliphatic heterocycles. The maximum Gasteiger partial charge on any atom is 0.310 e. The van der Waals surface area contributed by atoms with E-state index in [1.54, 1.807) is 6.92 Å². The van der Waals surface area contributed by atoms with Gasteiger partial charge in [0.05, 0.1) is 18.1 Å². The van der Waals surface area contributed by atoms with Crippen LogP contribution in [-0.4, -0.2) is 12.6 Å². The maximum absolute atomic E-state index is 13.2. The van der Waals surface area contributed by atoms with E-state index in [2.05, 4.69) is 4.74 Å². The second-order valence-corrected chi connectivity index (χ2v) is 3.24. The Hall–Kier alpha value is -1.16. The molecule has 15 heavy (non-hydrogen) atoms. The van der Waals surface area contributed by atoms with Crippen LogP contribution in [0.4, 0.5) is 8.78 Å². The summed E-state index contributed by atoms with van der Waals surface area (Å²) in [7, 11) is 0. The number of carbonyl (C=O) groups excluding carboxylic acids is 1. The number of hydrogen-bond acceptors (Lipinski definition) is 2. The summed E-state index contributed by atoms with van der Waals surface area (Å²) in [6.07, 6.45) is -0.293. The van der Waals surface area contributed by atoms with Gasteiger partial charge in [-0.3, -0.25) is 4.79 Å². The first-order valence-corrected chi connectivity index (χ1v) is 4.71. The standard InChI is InChI=1S/C10H9ClF2O2/c1-2-15-10(14)5-7-8(11)3-6(12)4-9(7)13/h3-4H,2,5H2,1H3. The summed E-state index contributed by atoms with van der Waals surface area (Å²) in [4.78, 5) is 11.1. The minimum absolute atomic E-state index is 0.0449. The highest BCUT2D eigenvalue weighted by Crippen LogP contribution is 2.21. The maximum atomic E-state index is 13.2. The molecule has 2 nitrogen and oxygen atoms in total. The van der Waals surface area contributed by atoms with Crippen LogP contribution in [0.3, 0.4) is 0 Å². The fourth-order valence-corrected chi connectivity index (χ4v) is 1.36. The molecule has 1 aromatic carbocycles. The Labute approximate surface area is 90.8 Å². The minimum Gasteiger partial charge on any atom is -0.466 e. The van der Waals surface area contributed by atoms with Crippen LogP contribution in [0, 0.1) is 11.6 Å². The molecule has 82 valence electrons. The fraction of sp³-hybridized carbons (Fsp3) is 0.300. The summed E-state index contributed by atoms with van der Waals surface area (Å²) >= 11 is 5.59. The first kappa shape index (κ1) is 11.9. The Kier molecular flexibility index (Phi) is 4.03. The SMILES string of the molecule is CCOC(=O)Cc1c(F)cc(F)cc1Cl. The zero-order valence-corrected chi connectivity index (χ0v) is 8.78. The number of ether oxygens (including phenoxy) is 1. The molecule has 0 unspecified atom stereocenters. The predicted molar refractivity (Wildman–Crippen MR) is 51.7 cm³/mol. The quantitative estimate of drug-likeness (QED) is 0.752. The molecule has 0 aliphatic rings. The fourth-order valence-electron chi connectivity index (χ4n) is 1.10. The first-order chi connectivity index (χ1) is 7.04. The summed E-state index contributed by atoms with van der Waals surface area (Å²) in [5.41, 5.74) is -0.0449. The smallest absolute Gasteiger partial charge is 0.310 e. The lowest BCUT2D eigenvalue weighted by Gasteiger charge is -2.05. The van der Waals surface area contributed by atoms with E-state index in [0.29, 0.717) is 6.07 Å². The van der Waals surface area contributed by atoms with Crippen LogP contribution in [0.15, 0.2) is 12.1 Å². The molecule has 0 saturated heterocycles. The molecule has 0 heterocycles. The van der Waals surface area contributed by atoms with E-state index in [1.165, 1.54) is 0 Å². The van der Waals surface area contributed by atoms with Gasteiger partial charge in [-0.25, -0.2) is 8.78 Å². The largest absolute Gasteiger partial charge is 0.466 e. The van der Waals surface area contributed by atoms with Gasteiger partial charge in [0.25, 0.3) is 0 Å². The van der Waals surface area contributed by atoms with E-state index in [1.807, 2.05) is 0 Å². The van der Waals surface area contributed by atoms with Gasteiger partial charge in [-0.15, -0.1) is 0 Å². The number of esters is 1. The lowest BCUT2D eigenvalue weighted by molar-refractivity contribution is -0.142. The second-order valence-electron chi connectivity index (χ2n) is 2.83. The Morgan fingerprint density at radius 1 is 1.47 bits per heavy atom. The molecule has 0 saturated carbocycles. The Bertz CT molecular complexity index is 357. The molecular weight excluding hydrogens is 226 g/mol. The number of carbonyl (C=O) groups is 1. The summed E-state index contributed by atoms with van der Waals surface area (Å²) in [5, 5.41) is -0.111. The highest BCUT2D eigenvalue weighted by atomic mass is 35.5. The van der Waals surface area contributed by atoms with Crippen molar-refractivity contribution in [1.29, 1.82) is 0 Å². The van der Waals surface area contributed by atoms with E-state index >= 15 is 0 Å². The van der Waals surface area contributed by atoms with Crippen LogP contribution in [-0.2, 0) is 16.0 Å². The predicted octanol–water partition coefficient (Wildman–Crippen LogP) is 2.72. The zero-order valence-electron chi connectivity index (χ0n) is 8.02. The van der Waals surface area contributed by atoms with Gasteiger partial charge < -0.3 is 4.74 Å². The summed E-state index contributed by atoms with van der Waals surface area (Å²) in [6, 6.07) is 1.64. The van der Waals surface area contributed by atoms with Crippen molar-refractivity contribution in [1.82, 2.24) is 0 Å². The van der Waals surface area contributed by atoms with Crippen molar-refractivity contribution in [2.45, 2.75) is 13.3 Å². The molecule has 1 aromatic rings. The first-order valence-electron chi connectivity index (χ1n) is 4.33. The zero-order chi connectivity index (χ0) is 11.4. The Morgan fingerprint density at radius 3 is 2.67 bits per heavy atom. The average molecular weight is 235 g/mol. The number of benzene rings is 1. The van der Waals surface area contributed by atoms with E-state index in [9.17, 15) is 13.6 Å². The van der Waals surface area contributed by atoms with Gasteiger partial charge in [-0.2, -0.15) is 0 Å². The van der Waals surface area contributed by atoms with Gasteiger partial charge in [0.2, 0.25) is 0 Å². The summed E-state index contributed by atoms with van der Waals surface area (Å²) in [5.74, 6) is -2.21. The Balaban J connectivity index is 2.90. The third-order valence-corrected chi connectivity index (χ3v) is 2.07. The highest BCUT2D eigenvalue weighted by Gasteiger charge is 2.14. The van der Waals surface area contributed by atoms with Gasteiger partial charge in [0.15, 0.2) is 0 Å². The molecule has 0 aromatic heterocycles. The lowest BCUT2D eigenvalue weighted by Crippen LogP contribution is -2.09. The molecule has 0 spiro atoms. The second kappa shape index (κ2) is 5.07. The summed E-state index contributed by atoms with van der Waals surface area (Å²) < 4.78 is 30.5. The topological polar surface area (TPSA) is 26.3 Å². The van der Waals surface area contributed by atoms with Gasteiger partial charge in [-0.1, -0.05) is 11.6 Å². The van der Waals surface area contributed by atoms with E-state index in [0.717, 1.165) is 6.07 Å². The molecule has 0 amide bonds. The molecule has 0 bridgehead atoms. The van der Waals surface area contributed by atoms with Crippen LogP contribution in [0.1, 0.15) is 12.5 Å². The van der Waals surface area contributed by atoms with Crippen molar-refractivity contribution in [3.63, 3.8) is 0 Å². The Morgan fingerprint density at radius 2 is 2.13 bits per heavy atom. The number of hydrogen-bond donors (Lipinski definition) is 0. The molecular formula is C10H9ClF2O2. The van der Waals surface area contributed by atoms with E-state index in [-0.39, 0.29) is 23.6 Å². The van der Waals surface area contributed by atoms with Crippen molar-refractivity contribution in [2.75, 3.05) is 6.61 Å². The molecule has 0 fully saturated rings. The van der Waals surface area contributed by atoms with Crippen molar-refractivity contribution in [3.05, 3.63) is 34.4 Å². The third-order valence-electron chi connectivity index (χ3n) is 1.73. The van der Waals surface area contributed by atoms with Crippen LogP contribution in [0.5, 0.6) is 0 Å². The summed E-state index contributed by atoms with van der Waals surface area (Å²) in [6.45, 7) is 1.85. The average Bonchev–Trinajstić information content (AvgIpc) is 2.11. The van der Waals surface area contributed by atoms with E-state index in [4.69, 9.17) is 11.6 Å². The van der Waals surface area contributed by atoms with Crippen molar-refractivity contribution in [2.24, 2.45) is 0 Å². The van der Waals surface area contributed by atoms with Crippen LogP contribution in [0.2, 0.25) is 5.02 Å². The molecule has 0 atom stereocenters. The lowest BCUT2D eigenvalue weighted by atomic mass is 10.1. The van der Waals surface area contributed by atoms with Crippen molar-refractivity contribution in [3.8, 4) is 0 Å². The highest BCUT2D eigenvalue weighted by molar-refractivity contribution is 6.31. The number of halogens is 3. The molecule has 0 radical (unpaired) electrons. The van der Waals surface area contributed by atoms with Gasteiger partial charge >= 0.3 is 5.97 Å². The molecule has 0 N–H and O–H groups in total. The molecule has 5 heteroatoms. The van der Waals surface area contributed by atoms with Crippen molar-refractivity contribution < 1.29 is 18.3 Å². The third kappa shape index (κ3) is 3.16. The van der Waals surface area contributed by atoms with Crippen LogP contribution >= 0.6 is 11.6 Å². The van der Waals surface area contributed by atoms with Gasteiger partial charge in [-0.05, 0) is 13.0 Å². The van der Waals surface area contributed by atoms with E-state index < -0.39 is 17.6 Å². The molecule has 0 aliphatic carbocycles. The number of rotatable bonds is 3. The molecule has 1 rings (SSSR count). The monoisotopic (exact) mass is 234 g/mol. The van der Waals surface area contributed by atoms with Crippen LogP contribution < -0.4 is 0 Å².